The van der Waals surface area contributed by atoms with E-state index in [2.05, 4.69) is 5.32 Å². The summed E-state index contributed by atoms with van der Waals surface area (Å²) in [5.74, 6) is 0.0259. The summed E-state index contributed by atoms with van der Waals surface area (Å²) in [4.78, 5) is 32.0. The number of thiophene rings is 1. The molecule has 0 aliphatic heterocycles. The predicted octanol–water partition coefficient (Wildman–Crippen LogP) is 3.97. The molecule has 0 unspecified atom stereocenters. The molecule has 4 aromatic rings. The molecule has 0 bridgehead atoms. The first-order valence-electron chi connectivity index (χ1n) is 9.73. The minimum atomic E-state index is -0.142. The first-order valence-corrected chi connectivity index (χ1v) is 11.5. The number of carbonyl (C=O) groups is 1. The van der Waals surface area contributed by atoms with E-state index in [9.17, 15) is 9.59 Å². The van der Waals surface area contributed by atoms with Gasteiger partial charge in [-0.2, -0.15) is 0 Å². The largest absolute Gasteiger partial charge is 0.383 e. The normalized spacial score (nSPS) is 11.0. The Balaban J connectivity index is 1.74. The number of carbonyl (C=O) groups excluding carboxylic acids is 1. The van der Waals surface area contributed by atoms with Crippen molar-refractivity contribution in [2.24, 2.45) is 0 Å². The Labute approximate surface area is 187 Å². The molecule has 0 aliphatic carbocycles. The van der Waals surface area contributed by atoms with Crippen molar-refractivity contribution in [2.45, 2.75) is 5.16 Å². The number of thioether (sulfide) groups is 1. The number of benzene rings is 2. The number of methoxy groups -OCH3 is 1. The van der Waals surface area contributed by atoms with Crippen molar-refractivity contribution in [3.8, 4) is 16.1 Å². The minimum absolute atomic E-state index is 0.132. The number of rotatable bonds is 8. The van der Waals surface area contributed by atoms with Gasteiger partial charge in [-0.1, -0.05) is 60.3 Å². The van der Waals surface area contributed by atoms with Gasteiger partial charge in [-0.05, 0) is 23.8 Å². The van der Waals surface area contributed by atoms with Crippen molar-refractivity contribution in [3.05, 3.63) is 77.1 Å². The van der Waals surface area contributed by atoms with Gasteiger partial charge in [-0.15, -0.1) is 11.3 Å². The average molecular weight is 452 g/mol. The highest BCUT2D eigenvalue weighted by atomic mass is 32.2. The number of nitrogens with one attached hydrogen (secondary N) is 1. The number of amides is 1. The smallest absolute Gasteiger partial charge is 0.267 e. The van der Waals surface area contributed by atoms with Crippen LogP contribution < -0.4 is 10.9 Å². The first-order chi connectivity index (χ1) is 15.2. The summed E-state index contributed by atoms with van der Waals surface area (Å²) in [6.07, 6.45) is 0. The molecule has 4 rings (SSSR count). The lowest BCUT2D eigenvalue weighted by Gasteiger charge is -2.12. The lowest BCUT2D eigenvalue weighted by atomic mass is 10.2. The number of ether oxygens (including phenoxy) is 1. The quantitative estimate of drug-likeness (QED) is 0.249. The third-order valence-corrected chi connectivity index (χ3v) is 6.58. The number of fused-ring (bicyclic) bond motifs is 1. The van der Waals surface area contributed by atoms with Crippen LogP contribution in [0.2, 0.25) is 0 Å². The van der Waals surface area contributed by atoms with Crippen LogP contribution in [0.15, 0.2) is 76.7 Å². The molecule has 0 radical (unpaired) electrons. The summed E-state index contributed by atoms with van der Waals surface area (Å²) < 4.78 is 6.54. The molecule has 1 amide bonds. The summed E-state index contributed by atoms with van der Waals surface area (Å²) in [5.41, 5.74) is 1.62. The fourth-order valence-electron chi connectivity index (χ4n) is 3.08. The fraction of sp³-hybridized carbons (Fsp3) is 0.174. The molecular formula is C23H21N3O3S2. The Bertz CT molecular complexity index is 1240. The SMILES string of the molecule is COCCNC(=O)CSc1nc2sc(-c3ccccc3)cc2c(=O)n1-c1ccccc1. The van der Waals surface area contributed by atoms with Crippen LogP contribution in [-0.2, 0) is 9.53 Å². The Morgan fingerprint density at radius 2 is 1.84 bits per heavy atom. The van der Waals surface area contributed by atoms with Crippen LogP contribution in [0, 0.1) is 0 Å². The van der Waals surface area contributed by atoms with Crippen LogP contribution in [0.3, 0.4) is 0 Å². The van der Waals surface area contributed by atoms with Gasteiger partial charge in [-0.3, -0.25) is 14.2 Å². The van der Waals surface area contributed by atoms with E-state index in [1.807, 2.05) is 66.7 Å². The van der Waals surface area contributed by atoms with Crippen LogP contribution in [0.1, 0.15) is 0 Å². The van der Waals surface area contributed by atoms with Crippen molar-refractivity contribution < 1.29 is 9.53 Å². The van der Waals surface area contributed by atoms with Crippen LogP contribution in [0.5, 0.6) is 0 Å². The fourth-order valence-corrected chi connectivity index (χ4v) is 5.00. The molecule has 158 valence electrons. The van der Waals surface area contributed by atoms with E-state index < -0.39 is 0 Å². The van der Waals surface area contributed by atoms with Gasteiger partial charge in [0.15, 0.2) is 5.16 Å². The zero-order chi connectivity index (χ0) is 21.6. The molecule has 2 aromatic heterocycles. The van der Waals surface area contributed by atoms with Gasteiger partial charge in [0.25, 0.3) is 5.56 Å². The zero-order valence-electron chi connectivity index (χ0n) is 16.9. The highest BCUT2D eigenvalue weighted by molar-refractivity contribution is 7.99. The summed E-state index contributed by atoms with van der Waals surface area (Å²) >= 11 is 2.73. The van der Waals surface area contributed by atoms with Crippen molar-refractivity contribution in [1.82, 2.24) is 14.9 Å². The van der Waals surface area contributed by atoms with Gasteiger partial charge in [0, 0.05) is 18.5 Å². The highest BCUT2D eigenvalue weighted by Gasteiger charge is 2.17. The van der Waals surface area contributed by atoms with Gasteiger partial charge in [0.2, 0.25) is 5.91 Å². The highest BCUT2D eigenvalue weighted by Crippen LogP contribution is 2.32. The minimum Gasteiger partial charge on any atom is -0.383 e. The van der Waals surface area contributed by atoms with E-state index in [-0.39, 0.29) is 17.2 Å². The average Bonchev–Trinajstić information content (AvgIpc) is 3.24. The second-order valence-electron chi connectivity index (χ2n) is 6.70. The Kier molecular flexibility index (Phi) is 6.81. The predicted molar refractivity (Wildman–Crippen MR) is 126 cm³/mol. The van der Waals surface area contributed by atoms with Gasteiger partial charge in [0.05, 0.1) is 23.4 Å². The summed E-state index contributed by atoms with van der Waals surface area (Å²) in [7, 11) is 1.59. The van der Waals surface area contributed by atoms with Gasteiger partial charge in [0.1, 0.15) is 4.83 Å². The van der Waals surface area contributed by atoms with Crippen LogP contribution >= 0.6 is 23.1 Å². The number of hydrogen-bond donors (Lipinski definition) is 1. The summed E-state index contributed by atoms with van der Waals surface area (Å²) in [5, 5.41) is 3.86. The summed E-state index contributed by atoms with van der Waals surface area (Å²) in [6, 6.07) is 21.2. The topological polar surface area (TPSA) is 73.2 Å². The number of para-hydroxylation sites is 1. The van der Waals surface area contributed by atoms with Gasteiger partial charge in [-0.25, -0.2) is 4.98 Å². The molecule has 2 heterocycles. The third-order valence-electron chi connectivity index (χ3n) is 4.57. The monoisotopic (exact) mass is 451 g/mol. The standard InChI is InChI=1S/C23H21N3O3S2/c1-29-13-12-24-20(27)15-30-23-25-21-18(14-19(31-21)16-8-4-2-5-9-16)22(28)26(23)17-10-6-3-7-11-17/h2-11,14H,12-13,15H2,1H3,(H,24,27). The second-order valence-corrected chi connectivity index (χ2v) is 8.67. The van der Waals surface area contributed by atoms with Crippen LogP contribution in [-0.4, -0.2) is 41.5 Å². The van der Waals surface area contributed by atoms with E-state index in [4.69, 9.17) is 9.72 Å². The van der Waals surface area contributed by atoms with Gasteiger partial charge >= 0.3 is 0 Å². The number of nitrogens with zero attached hydrogens (tertiary/aromatic N) is 2. The molecule has 0 fully saturated rings. The maximum Gasteiger partial charge on any atom is 0.267 e. The molecule has 6 nitrogen and oxygen atoms in total. The van der Waals surface area contributed by atoms with Crippen LogP contribution in [0.25, 0.3) is 26.3 Å². The van der Waals surface area contributed by atoms with E-state index in [1.54, 1.807) is 11.7 Å². The molecule has 0 saturated heterocycles. The second kappa shape index (κ2) is 9.91. The molecule has 8 heteroatoms. The molecule has 0 aliphatic rings. The Hall–Kier alpha value is -2.94. The third kappa shape index (κ3) is 4.87. The van der Waals surface area contributed by atoms with E-state index >= 15 is 0 Å². The lowest BCUT2D eigenvalue weighted by Crippen LogP contribution is -2.29. The van der Waals surface area contributed by atoms with E-state index in [0.29, 0.717) is 28.5 Å². The number of aromatic nitrogens is 2. The van der Waals surface area contributed by atoms with Crippen molar-refractivity contribution in [3.63, 3.8) is 0 Å². The zero-order valence-corrected chi connectivity index (χ0v) is 18.5. The van der Waals surface area contributed by atoms with Crippen LogP contribution in [0.4, 0.5) is 0 Å². The first kappa shape index (κ1) is 21.3. The Morgan fingerprint density at radius 3 is 2.55 bits per heavy atom. The Morgan fingerprint density at radius 1 is 1.13 bits per heavy atom. The molecule has 1 N–H and O–H groups in total. The van der Waals surface area contributed by atoms with Crippen molar-refractivity contribution >= 4 is 39.2 Å². The van der Waals surface area contributed by atoms with Crippen molar-refractivity contribution in [1.29, 1.82) is 0 Å². The number of hydrogen-bond acceptors (Lipinski definition) is 6. The maximum absolute atomic E-state index is 13.4. The van der Waals surface area contributed by atoms with Gasteiger partial charge < -0.3 is 10.1 Å². The lowest BCUT2D eigenvalue weighted by molar-refractivity contribution is -0.118. The maximum atomic E-state index is 13.4. The van der Waals surface area contributed by atoms with E-state index in [0.717, 1.165) is 16.1 Å². The summed E-state index contributed by atoms with van der Waals surface area (Å²) in [6.45, 7) is 0.895. The molecule has 2 aromatic carbocycles. The van der Waals surface area contributed by atoms with E-state index in [1.165, 1.54) is 23.1 Å². The van der Waals surface area contributed by atoms with Crippen molar-refractivity contribution in [2.75, 3.05) is 26.0 Å². The molecule has 0 saturated carbocycles. The molecule has 31 heavy (non-hydrogen) atoms. The molecule has 0 spiro atoms. The molecular weight excluding hydrogens is 430 g/mol. The molecule has 0 atom stereocenters.